The van der Waals surface area contributed by atoms with Crippen LogP contribution in [0.3, 0.4) is 0 Å². The van der Waals surface area contributed by atoms with Crippen molar-refractivity contribution in [2.45, 2.75) is 38.5 Å². The molecule has 4 heteroatoms. The van der Waals surface area contributed by atoms with Crippen LogP contribution in [0, 0.1) is 5.92 Å². The lowest BCUT2D eigenvalue weighted by Crippen LogP contribution is -2.07. The Morgan fingerprint density at radius 2 is 1.43 bits per heavy atom. The number of hydrogen-bond donors (Lipinski definition) is 0. The molecule has 0 radical (unpaired) electrons. The lowest BCUT2D eigenvalue weighted by Gasteiger charge is -2.18. The van der Waals surface area contributed by atoms with Crippen molar-refractivity contribution < 1.29 is 9.47 Å². The second-order valence-electron chi connectivity index (χ2n) is 7.09. The highest BCUT2D eigenvalue weighted by atomic mass is 32.2. The summed E-state index contributed by atoms with van der Waals surface area (Å²) < 4.78 is 12.4. The minimum Gasteiger partial charge on any atom is -0.488 e. The molecule has 3 nitrogen and oxygen atoms in total. The highest BCUT2D eigenvalue weighted by Crippen LogP contribution is 2.34. The third-order valence-corrected chi connectivity index (χ3v) is 4.93. The van der Waals surface area contributed by atoms with Crippen molar-refractivity contribution >= 4 is 11.8 Å². The highest BCUT2D eigenvalue weighted by molar-refractivity contribution is 7.98. The predicted octanol–water partition coefficient (Wildman–Crippen LogP) is 6.16. The minimum absolute atomic E-state index is 0.472. The van der Waals surface area contributed by atoms with Crippen molar-refractivity contribution in [3.05, 3.63) is 83.4 Å². The van der Waals surface area contributed by atoms with Crippen molar-refractivity contribution in [3.63, 3.8) is 0 Å². The second kappa shape index (κ2) is 10.2. The molecule has 2 aromatic carbocycles. The number of pyridine rings is 1. The summed E-state index contributed by atoms with van der Waals surface area (Å²) in [6.45, 7) is 5.42. The fourth-order valence-electron chi connectivity index (χ4n) is 2.91. The molecule has 0 atom stereocenters. The molecular weight excluding hydrogens is 366 g/mol. The molecule has 0 unspecified atom stereocenters. The van der Waals surface area contributed by atoms with E-state index in [1.165, 1.54) is 0 Å². The molecule has 0 amide bonds. The molecule has 3 aromatic rings. The maximum absolute atomic E-state index is 6.23. The minimum atomic E-state index is 0.472. The number of aromatic nitrogens is 1. The van der Waals surface area contributed by atoms with E-state index in [-0.39, 0.29) is 0 Å². The molecule has 28 heavy (non-hydrogen) atoms. The zero-order valence-corrected chi connectivity index (χ0v) is 17.5. The van der Waals surface area contributed by atoms with Gasteiger partial charge < -0.3 is 9.47 Å². The predicted molar refractivity (Wildman–Crippen MR) is 116 cm³/mol. The van der Waals surface area contributed by atoms with Gasteiger partial charge in [-0.2, -0.15) is 0 Å². The average Bonchev–Trinajstić information content (AvgIpc) is 2.73. The zero-order chi connectivity index (χ0) is 19.8. The van der Waals surface area contributed by atoms with E-state index in [0.717, 1.165) is 33.9 Å². The molecule has 0 spiro atoms. The van der Waals surface area contributed by atoms with Crippen LogP contribution in [0.2, 0.25) is 0 Å². The van der Waals surface area contributed by atoms with Crippen LogP contribution in [-0.2, 0) is 19.6 Å². The Balaban J connectivity index is 1.87. The van der Waals surface area contributed by atoms with Crippen LogP contribution in [0.1, 0.15) is 30.5 Å². The van der Waals surface area contributed by atoms with Gasteiger partial charge >= 0.3 is 0 Å². The van der Waals surface area contributed by atoms with E-state index in [9.17, 15) is 0 Å². The molecule has 146 valence electrons. The van der Waals surface area contributed by atoms with Gasteiger partial charge in [0.25, 0.3) is 0 Å². The van der Waals surface area contributed by atoms with Crippen LogP contribution < -0.4 is 9.47 Å². The maximum atomic E-state index is 6.23. The Morgan fingerprint density at radius 1 is 0.857 bits per heavy atom. The molecule has 1 aromatic heterocycles. The fourth-order valence-corrected chi connectivity index (χ4v) is 3.31. The van der Waals surface area contributed by atoms with Gasteiger partial charge in [-0.3, -0.25) is 0 Å². The van der Waals surface area contributed by atoms with E-state index in [2.05, 4.69) is 38.1 Å². The summed E-state index contributed by atoms with van der Waals surface area (Å²) in [6, 6.07) is 22.4. The molecule has 0 fully saturated rings. The van der Waals surface area contributed by atoms with E-state index in [1.54, 1.807) is 11.8 Å². The van der Waals surface area contributed by atoms with Gasteiger partial charge in [-0.15, -0.1) is 11.8 Å². The van der Waals surface area contributed by atoms with E-state index in [1.807, 2.05) is 48.7 Å². The van der Waals surface area contributed by atoms with E-state index in [0.29, 0.717) is 25.0 Å². The first-order valence-corrected chi connectivity index (χ1v) is 10.8. The molecule has 0 aliphatic heterocycles. The summed E-state index contributed by atoms with van der Waals surface area (Å²) in [5.41, 5.74) is 3.31. The van der Waals surface area contributed by atoms with Gasteiger partial charge in [0.05, 0.1) is 5.56 Å². The summed E-state index contributed by atoms with van der Waals surface area (Å²) in [5.74, 6) is 2.01. The van der Waals surface area contributed by atoms with Crippen molar-refractivity contribution in [2.75, 3.05) is 6.26 Å². The Kier molecular flexibility index (Phi) is 7.38. The van der Waals surface area contributed by atoms with Crippen LogP contribution in [0.4, 0.5) is 0 Å². The third kappa shape index (κ3) is 5.77. The Hall–Kier alpha value is -2.46. The van der Waals surface area contributed by atoms with Crippen LogP contribution in [-0.4, -0.2) is 11.2 Å². The Bertz CT molecular complexity index is 802. The Morgan fingerprint density at radius 3 is 1.96 bits per heavy atom. The first kappa shape index (κ1) is 20.3. The molecule has 1 heterocycles. The van der Waals surface area contributed by atoms with Gasteiger partial charge in [0.1, 0.15) is 24.0 Å². The normalized spacial score (nSPS) is 10.9. The molecule has 0 aliphatic carbocycles. The topological polar surface area (TPSA) is 31.4 Å². The van der Waals surface area contributed by atoms with Crippen LogP contribution in [0.15, 0.2) is 71.8 Å². The summed E-state index contributed by atoms with van der Waals surface area (Å²) in [7, 11) is 0. The number of nitrogens with zero attached hydrogens (tertiary/aromatic N) is 1. The summed E-state index contributed by atoms with van der Waals surface area (Å²) in [4.78, 5) is 4.74. The van der Waals surface area contributed by atoms with E-state index in [4.69, 9.17) is 14.5 Å². The van der Waals surface area contributed by atoms with Crippen LogP contribution in [0.5, 0.6) is 11.6 Å². The number of thioether (sulfide) groups is 1. The number of rotatable bonds is 9. The largest absolute Gasteiger partial charge is 0.488 e. The number of hydrogen-bond acceptors (Lipinski definition) is 4. The van der Waals surface area contributed by atoms with Crippen molar-refractivity contribution in [3.8, 4) is 11.6 Å². The van der Waals surface area contributed by atoms with Crippen LogP contribution >= 0.6 is 11.8 Å². The lowest BCUT2D eigenvalue weighted by molar-refractivity contribution is 0.270. The lowest BCUT2D eigenvalue weighted by atomic mass is 10.0. The van der Waals surface area contributed by atoms with Crippen molar-refractivity contribution in [1.29, 1.82) is 0 Å². The molecule has 0 saturated heterocycles. The summed E-state index contributed by atoms with van der Waals surface area (Å²) >= 11 is 1.60. The molecular formula is C24H27NO2S. The van der Waals surface area contributed by atoms with Crippen molar-refractivity contribution in [2.24, 2.45) is 5.92 Å². The van der Waals surface area contributed by atoms with Gasteiger partial charge in [0, 0.05) is 6.07 Å². The molecule has 0 N–H and O–H groups in total. The first-order chi connectivity index (χ1) is 13.7. The smallest absolute Gasteiger partial charge is 0.221 e. The van der Waals surface area contributed by atoms with Gasteiger partial charge in [0.15, 0.2) is 0 Å². The summed E-state index contributed by atoms with van der Waals surface area (Å²) in [5, 5.41) is 0.902. The second-order valence-corrected chi connectivity index (χ2v) is 7.92. The SMILES string of the molecule is CSc1cc(OCc2ccccc2)c(CC(C)C)c(OCc2ccccc2)n1. The highest BCUT2D eigenvalue weighted by Gasteiger charge is 2.17. The van der Waals surface area contributed by atoms with Crippen LogP contribution in [0.25, 0.3) is 0 Å². The number of ether oxygens (including phenoxy) is 2. The van der Waals surface area contributed by atoms with E-state index < -0.39 is 0 Å². The van der Waals surface area contributed by atoms with Gasteiger partial charge in [0.2, 0.25) is 5.88 Å². The van der Waals surface area contributed by atoms with Gasteiger partial charge in [-0.25, -0.2) is 4.98 Å². The quantitative estimate of drug-likeness (QED) is 0.407. The molecule has 0 bridgehead atoms. The van der Waals surface area contributed by atoms with Gasteiger partial charge in [-0.1, -0.05) is 74.5 Å². The number of benzene rings is 2. The molecule has 0 saturated carbocycles. The fraction of sp³-hybridized carbons (Fsp3) is 0.292. The maximum Gasteiger partial charge on any atom is 0.221 e. The molecule has 3 rings (SSSR count). The Labute approximate surface area is 172 Å². The molecule has 0 aliphatic rings. The van der Waals surface area contributed by atoms with Crippen molar-refractivity contribution in [1.82, 2.24) is 4.98 Å². The average molecular weight is 394 g/mol. The summed E-state index contributed by atoms with van der Waals surface area (Å²) in [6.07, 6.45) is 2.88. The van der Waals surface area contributed by atoms with Gasteiger partial charge in [-0.05, 0) is 29.7 Å². The third-order valence-electron chi connectivity index (χ3n) is 4.30. The first-order valence-electron chi connectivity index (χ1n) is 9.57. The zero-order valence-electron chi connectivity index (χ0n) is 16.7. The standard InChI is InChI=1S/C24H27NO2S/c1-18(2)14-21-22(26-16-19-10-6-4-7-11-19)15-23(28-3)25-24(21)27-17-20-12-8-5-9-13-20/h4-13,15,18H,14,16-17H2,1-3H3. The van der Waals surface area contributed by atoms with E-state index >= 15 is 0 Å². The monoisotopic (exact) mass is 393 g/mol.